The van der Waals surface area contributed by atoms with E-state index in [0.29, 0.717) is 0 Å². The fourth-order valence-corrected chi connectivity index (χ4v) is 0. The minimum Gasteiger partial charge on any atom is -0.510 e. The Labute approximate surface area is 96.3 Å². The minimum atomic E-state index is -3.07. The Morgan fingerprint density at radius 2 is 1.62 bits per heavy atom. The highest BCUT2D eigenvalue weighted by Gasteiger charge is 1.97. The van der Waals surface area contributed by atoms with Crippen LogP contribution >= 0.6 is 0 Å². The van der Waals surface area contributed by atoms with Crippen LogP contribution in [-0.2, 0) is 13.5 Å². The molecule has 0 heterocycles. The average molecular weight is 313 g/mol. The molecule has 13 heteroatoms. The van der Waals surface area contributed by atoms with E-state index < -0.39 is 18.5 Å². The zero-order chi connectivity index (χ0) is 11.7. The van der Waals surface area contributed by atoms with Crippen molar-refractivity contribution in [2.45, 2.75) is 0 Å². The molecule has 0 bridgehead atoms. The number of rotatable bonds is 1. The zero-order valence-electron chi connectivity index (χ0n) is 8.35. The predicted octanol–water partition coefficient (Wildman–Crippen LogP) is -7.85. The van der Waals surface area contributed by atoms with Crippen molar-refractivity contribution in [1.82, 2.24) is 0 Å². The quantitative estimate of drug-likeness (QED) is 0.252. The summed E-state index contributed by atoms with van der Waals surface area (Å²) in [7, 11) is 0.975. The molecule has 0 atom stereocenters. The zero-order valence-corrected chi connectivity index (χ0v) is 19.9. The van der Waals surface area contributed by atoms with Crippen LogP contribution in [0, 0.1) is 0 Å². The molecule has 0 unspecified atom stereocenters. The van der Waals surface area contributed by atoms with E-state index in [1.54, 1.807) is 0 Å². The molecule has 0 fully saturated rings. The van der Waals surface area contributed by atoms with Gasteiger partial charge >= 0.3 is 9.17 Å². The van der Waals surface area contributed by atoms with Crippen molar-refractivity contribution in [2.24, 2.45) is 0 Å². The largest absolute Gasteiger partial charge is 0.798 e. The standard InChI is InChI=1S/H2O4Si.H6OSi2.H4OSi2.H6Si2.H2/c1-4-5(2)3;2*1-3-2;1-2;/h1-2H;1H,3H2,2H3;3H,2H3;1-2H3;1H. The molecule has 0 radical (unpaired) electrons. The molecule has 0 aliphatic rings. The van der Waals surface area contributed by atoms with Gasteiger partial charge in [-0.15, -0.1) is 0 Å². The van der Waals surface area contributed by atoms with Crippen molar-refractivity contribution in [2.75, 3.05) is 0 Å². The summed E-state index contributed by atoms with van der Waals surface area (Å²) >= 11 is 0. The van der Waals surface area contributed by atoms with E-state index in [4.69, 9.17) is 23.8 Å². The molecule has 0 rings (SSSR count). The van der Waals surface area contributed by atoms with Crippen LogP contribution in [0.1, 0.15) is 1.43 Å². The molecule has 3 N–H and O–H groups in total. The Bertz CT molecular complexity index is 88.2. The average Bonchev–Trinajstić information content (AvgIpc) is 2.11. The normalized spacial score (nSPS) is 7.23. The van der Waals surface area contributed by atoms with Crippen molar-refractivity contribution in [3.63, 3.8) is 0 Å². The molecule has 0 saturated heterocycles. The topological polar surface area (TPSA) is 104 Å². The van der Waals surface area contributed by atoms with Gasteiger partial charge in [-0.3, -0.25) is 4.46 Å². The molecule has 0 aromatic rings. The van der Waals surface area contributed by atoms with Gasteiger partial charge in [0, 0.05) is 11.2 Å². The SMILES string of the molecule is O=[SiH][SiH3].O=[Si](O)OO.O[SiH2][SiH3].[HH].[SiH3][SiH3]. The van der Waals surface area contributed by atoms with Crippen LogP contribution in [0.5, 0.6) is 0 Å². The van der Waals surface area contributed by atoms with E-state index in [1.807, 2.05) is 0 Å². The van der Waals surface area contributed by atoms with Crippen LogP contribution in [0.15, 0.2) is 0 Å². The second-order valence-electron chi connectivity index (χ2n) is 0.909. The van der Waals surface area contributed by atoms with Crippen molar-refractivity contribution >= 4 is 66.4 Å². The lowest BCUT2D eigenvalue weighted by molar-refractivity contribution is -0.161. The van der Waals surface area contributed by atoms with Gasteiger partial charge in [0.1, 0.15) is 9.28 Å². The van der Waals surface area contributed by atoms with Gasteiger partial charge in [0.25, 0.3) is 0 Å². The van der Waals surface area contributed by atoms with Gasteiger partial charge in [0.2, 0.25) is 8.92 Å². The summed E-state index contributed by atoms with van der Waals surface area (Å²) in [6, 6.07) is 0. The van der Waals surface area contributed by atoms with Gasteiger partial charge in [0.15, 0.2) is 0 Å². The van der Waals surface area contributed by atoms with E-state index in [2.05, 4.69) is 4.58 Å². The molecule has 13 heavy (non-hydrogen) atoms. The first-order valence-corrected chi connectivity index (χ1v) is 24.3. The lowest BCUT2D eigenvalue weighted by atomic mass is 15.0. The summed E-state index contributed by atoms with van der Waals surface area (Å²) in [5.74, 6) is 0. The third kappa shape index (κ3) is 205. The van der Waals surface area contributed by atoms with Gasteiger partial charge in [-0.1, -0.05) is 0 Å². The minimum absolute atomic E-state index is 0. The summed E-state index contributed by atoms with van der Waals surface area (Å²) in [5.41, 5.74) is 0. The van der Waals surface area contributed by atoms with Gasteiger partial charge in [-0.25, -0.2) is 5.26 Å². The molecule has 6 nitrogen and oxygen atoms in total. The van der Waals surface area contributed by atoms with Gasteiger partial charge < -0.3 is 18.6 Å². The fourth-order valence-electron chi connectivity index (χ4n) is 0. The van der Waals surface area contributed by atoms with Crippen LogP contribution in [0.2, 0.25) is 0 Å². The van der Waals surface area contributed by atoms with E-state index in [9.17, 15) is 0 Å². The van der Waals surface area contributed by atoms with E-state index in [1.165, 1.54) is 19.5 Å². The third-order valence-electron chi connectivity index (χ3n) is 0.0781. The molecule has 0 spiro atoms. The fraction of sp³-hybridized carbons (Fsp3) is 0. The van der Waals surface area contributed by atoms with Gasteiger partial charge in [0.05, 0.1) is 9.76 Å². The molecule has 0 aliphatic heterocycles. The maximum Gasteiger partial charge on any atom is 0.798 e. The van der Waals surface area contributed by atoms with Crippen LogP contribution in [0.4, 0.5) is 0 Å². The van der Waals surface area contributed by atoms with Crippen LogP contribution in [0.3, 0.4) is 0 Å². The summed E-state index contributed by atoms with van der Waals surface area (Å²) in [6.07, 6.45) is 0. The van der Waals surface area contributed by atoms with Crippen LogP contribution in [0.25, 0.3) is 0 Å². The van der Waals surface area contributed by atoms with Crippen molar-refractivity contribution in [1.29, 1.82) is 0 Å². The summed E-state index contributed by atoms with van der Waals surface area (Å²) < 4.78 is 21.0. The molecular formula is H20O6Si7. The Balaban J connectivity index is -0.0000000267. The summed E-state index contributed by atoms with van der Waals surface area (Å²) in [5, 5.41) is 7.13. The maximum absolute atomic E-state index is 9.08. The molecule has 84 valence electrons. The molecule has 0 aromatic carbocycles. The first kappa shape index (κ1) is 23.4. The van der Waals surface area contributed by atoms with Gasteiger partial charge in [-0.05, 0) is 19.5 Å². The molecule has 0 saturated carbocycles. The van der Waals surface area contributed by atoms with E-state index in [-0.39, 0.29) is 10.4 Å². The Kier molecular flexibility index (Phi) is 70.1. The lowest BCUT2D eigenvalue weighted by Gasteiger charge is -1.73. The van der Waals surface area contributed by atoms with Crippen molar-refractivity contribution < 1.29 is 29.8 Å². The van der Waals surface area contributed by atoms with E-state index >= 15 is 0 Å². The van der Waals surface area contributed by atoms with Gasteiger partial charge in [-0.2, -0.15) is 0 Å². The molecule has 0 amide bonds. The third-order valence-corrected chi connectivity index (χ3v) is 0.234. The van der Waals surface area contributed by atoms with Crippen LogP contribution < -0.4 is 0 Å². The Morgan fingerprint density at radius 3 is 1.62 bits per heavy atom. The van der Waals surface area contributed by atoms with Crippen molar-refractivity contribution in [3.05, 3.63) is 0 Å². The highest BCUT2D eigenvalue weighted by atomic mass is 29.1. The first-order chi connectivity index (χ1) is 6.10. The number of hydrogen-bond donors (Lipinski definition) is 3. The predicted molar refractivity (Wildman–Crippen MR) is 72.8 cm³/mol. The first-order valence-electron chi connectivity index (χ1n) is 3.65. The highest BCUT2D eigenvalue weighted by molar-refractivity contribution is 6.84. The second kappa shape index (κ2) is 38.8. The molecular weight excluding hydrogens is 293 g/mol. The lowest BCUT2D eigenvalue weighted by Crippen LogP contribution is -1.99. The Hall–Kier alpha value is 0.638. The van der Waals surface area contributed by atoms with Crippen molar-refractivity contribution in [3.8, 4) is 0 Å². The van der Waals surface area contributed by atoms with E-state index in [0.717, 1.165) is 19.5 Å². The number of hydrogen-bond acceptors (Lipinski definition) is 5. The maximum atomic E-state index is 9.08. The second-order valence-corrected chi connectivity index (χ2v) is 6.04. The molecule has 0 aromatic heterocycles. The van der Waals surface area contributed by atoms with Crippen LogP contribution in [-0.4, -0.2) is 81.3 Å². The monoisotopic (exact) mass is 312 g/mol. The smallest absolute Gasteiger partial charge is 0.510 e. The summed E-state index contributed by atoms with van der Waals surface area (Å²) in [6.45, 7) is 0. The summed E-state index contributed by atoms with van der Waals surface area (Å²) in [4.78, 5) is 15.2. The molecule has 0 aliphatic carbocycles. The highest BCUT2D eigenvalue weighted by Crippen LogP contribution is 1.49. The Morgan fingerprint density at radius 1 is 1.54 bits per heavy atom.